The minimum atomic E-state index is -0.412. The number of carbonyl (C=O) groups excluding carboxylic acids is 2. The molecule has 0 aliphatic rings. The van der Waals surface area contributed by atoms with Crippen molar-refractivity contribution in [2.24, 2.45) is 5.10 Å². The number of hydrogen-bond donors (Lipinski definition) is 1. The summed E-state index contributed by atoms with van der Waals surface area (Å²) < 4.78 is 15.8. The van der Waals surface area contributed by atoms with Gasteiger partial charge >= 0.3 is 5.97 Å². The first-order valence-electron chi connectivity index (χ1n) is 9.54. The fourth-order valence-corrected chi connectivity index (χ4v) is 2.56. The van der Waals surface area contributed by atoms with E-state index in [-0.39, 0.29) is 6.61 Å². The molecule has 0 aromatic heterocycles. The normalized spacial score (nSPS) is 10.5. The zero-order chi connectivity index (χ0) is 21.9. The van der Waals surface area contributed by atoms with Gasteiger partial charge in [0.2, 0.25) is 0 Å². The number of benzene rings is 3. The van der Waals surface area contributed by atoms with Crippen molar-refractivity contribution in [3.05, 3.63) is 95.6 Å². The highest BCUT2D eigenvalue weighted by Gasteiger charge is 2.04. The van der Waals surface area contributed by atoms with E-state index in [9.17, 15) is 9.59 Å². The topological polar surface area (TPSA) is 86.2 Å². The highest BCUT2D eigenvalue weighted by atomic mass is 16.5. The van der Waals surface area contributed by atoms with Crippen molar-refractivity contribution in [1.82, 2.24) is 5.43 Å². The van der Waals surface area contributed by atoms with Crippen molar-refractivity contribution >= 4 is 18.1 Å². The second kappa shape index (κ2) is 11.2. The molecule has 1 amide bonds. The van der Waals surface area contributed by atoms with Gasteiger partial charge in [0.15, 0.2) is 6.61 Å². The molecule has 7 heteroatoms. The third-order valence-corrected chi connectivity index (χ3v) is 4.18. The Hall–Kier alpha value is -4.13. The number of hydrazone groups is 1. The summed E-state index contributed by atoms with van der Waals surface area (Å²) in [5.41, 5.74) is 4.63. The van der Waals surface area contributed by atoms with E-state index in [1.54, 1.807) is 48.5 Å². The zero-order valence-corrected chi connectivity index (χ0v) is 17.0. The van der Waals surface area contributed by atoms with Gasteiger partial charge in [-0.15, -0.1) is 0 Å². The van der Waals surface area contributed by atoms with Crippen LogP contribution in [-0.2, 0) is 16.1 Å². The van der Waals surface area contributed by atoms with Crippen molar-refractivity contribution in [1.29, 1.82) is 0 Å². The van der Waals surface area contributed by atoms with Gasteiger partial charge in [0, 0.05) is 0 Å². The van der Waals surface area contributed by atoms with Crippen molar-refractivity contribution in [3.8, 4) is 11.5 Å². The number of hydrogen-bond acceptors (Lipinski definition) is 6. The number of carbonyl (C=O) groups is 2. The lowest BCUT2D eigenvalue weighted by atomic mass is 10.1. The number of nitrogens with one attached hydrogen (secondary N) is 1. The monoisotopic (exact) mass is 418 g/mol. The Morgan fingerprint density at radius 2 is 1.52 bits per heavy atom. The van der Waals surface area contributed by atoms with Gasteiger partial charge in [-0.05, 0) is 47.5 Å². The fraction of sp³-hybridized carbons (Fsp3) is 0.125. The summed E-state index contributed by atoms with van der Waals surface area (Å²) in [6.07, 6.45) is 1.47. The van der Waals surface area contributed by atoms with Crippen LogP contribution < -0.4 is 14.9 Å². The lowest BCUT2D eigenvalue weighted by Gasteiger charge is -2.08. The van der Waals surface area contributed by atoms with Gasteiger partial charge in [0.05, 0.1) is 18.9 Å². The maximum atomic E-state index is 11.9. The highest BCUT2D eigenvalue weighted by Crippen LogP contribution is 2.18. The van der Waals surface area contributed by atoms with E-state index in [1.807, 2.05) is 30.3 Å². The average molecular weight is 418 g/mol. The number of ether oxygens (including phenoxy) is 3. The minimum Gasteiger partial charge on any atom is -0.489 e. The second-order valence-corrected chi connectivity index (χ2v) is 6.44. The first-order valence-corrected chi connectivity index (χ1v) is 9.54. The van der Waals surface area contributed by atoms with E-state index in [2.05, 4.69) is 15.3 Å². The standard InChI is InChI=1S/C24H22N2O5/c1-29-24(28)20-9-7-18(8-10-20)15-25-26-23(27)17-31-22-13-11-21(12-14-22)30-16-19-5-3-2-4-6-19/h2-15H,16-17H2,1H3,(H,26,27)/b25-15+. The Morgan fingerprint density at radius 1 is 0.871 bits per heavy atom. The third-order valence-electron chi connectivity index (χ3n) is 4.18. The lowest BCUT2D eigenvalue weighted by molar-refractivity contribution is -0.123. The molecule has 0 heterocycles. The van der Waals surface area contributed by atoms with Crippen LogP contribution in [0.2, 0.25) is 0 Å². The molecule has 1 N–H and O–H groups in total. The summed E-state index contributed by atoms with van der Waals surface area (Å²) in [6.45, 7) is 0.301. The van der Waals surface area contributed by atoms with Crippen LogP contribution in [0.1, 0.15) is 21.5 Å². The quantitative estimate of drug-likeness (QED) is 0.326. The molecule has 0 atom stereocenters. The smallest absolute Gasteiger partial charge is 0.337 e. The maximum Gasteiger partial charge on any atom is 0.337 e. The minimum absolute atomic E-state index is 0.178. The molecule has 0 fully saturated rings. The van der Waals surface area contributed by atoms with E-state index >= 15 is 0 Å². The van der Waals surface area contributed by atoms with Crippen LogP contribution in [0.15, 0.2) is 84.0 Å². The zero-order valence-electron chi connectivity index (χ0n) is 17.0. The molecule has 0 aliphatic heterocycles. The largest absolute Gasteiger partial charge is 0.489 e. The molecule has 0 bridgehead atoms. The molecule has 158 valence electrons. The van der Waals surface area contributed by atoms with Gasteiger partial charge in [-0.1, -0.05) is 42.5 Å². The predicted molar refractivity (Wildman–Crippen MR) is 116 cm³/mol. The summed E-state index contributed by atoms with van der Waals surface area (Å²) in [6, 6.07) is 23.5. The lowest BCUT2D eigenvalue weighted by Crippen LogP contribution is -2.24. The molecule has 3 aromatic rings. The van der Waals surface area contributed by atoms with Crippen molar-refractivity contribution < 1.29 is 23.8 Å². The number of amides is 1. The van der Waals surface area contributed by atoms with Gasteiger partial charge < -0.3 is 14.2 Å². The number of esters is 1. The Morgan fingerprint density at radius 3 is 2.16 bits per heavy atom. The molecule has 3 aromatic carbocycles. The molecule has 0 radical (unpaired) electrons. The predicted octanol–water partition coefficient (Wildman–Crippen LogP) is 3.58. The summed E-state index contributed by atoms with van der Waals surface area (Å²) >= 11 is 0. The molecule has 0 aliphatic carbocycles. The van der Waals surface area contributed by atoms with Crippen LogP contribution in [0.5, 0.6) is 11.5 Å². The molecule has 0 spiro atoms. The molecule has 3 rings (SSSR count). The molecule has 0 saturated carbocycles. The van der Waals surface area contributed by atoms with Crippen LogP contribution in [0, 0.1) is 0 Å². The molecular weight excluding hydrogens is 396 g/mol. The number of methoxy groups -OCH3 is 1. The van der Waals surface area contributed by atoms with Crippen molar-refractivity contribution in [3.63, 3.8) is 0 Å². The number of nitrogens with zero attached hydrogens (tertiary/aromatic N) is 1. The Balaban J connectivity index is 1.40. The van der Waals surface area contributed by atoms with Gasteiger partial charge in [0.25, 0.3) is 5.91 Å². The molecule has 0 saturated heterocycles. The first-order chi connectivity index (χ1) is 15.1. The molecule has 31 heavy (non-hydrogen) atoms. The first kappa shape index (κ1) is 21.6. The summed E-state index contributed by atoms with van der Waals surface area (Å²) in [7, 11) is 1.32. The summed E-state index contributed by atoms with van der Waals surface area (Å²) in [4.78, 5) is 23.3. The van der Waals surface area contributed by atoms with Gasteiger partial charge in [-0.25, -0.2) is 10.2 Å². The summed E-state index contributed by atoms with van der Waals surface area (Å²) in [5, 5.41) is 3.88. The fourth-order valence-electron chi connectivity index (χ4n) is 2.56. The van der Waals surface area contributed by atoms with E-state index in [0.29, 0.717) is 23.7 Å². The van der Waals surface area contributed by atoms with E-state index in [0.717, 1.165) is 11.1 Å². The Labute approximate surface area is 180 Å². The highest BCUT2D eigenvalue weighted by molar-refractivity contribution is 5.90. The van der Waals surface area contributed by atoms with Crippen molar-refractivity contribution in [2.45, 2.75) is 6.61 Å². The van der Waals surface area contributed by atoms with Crippen LogP contribution in [0.3, 0.4) is 0 Å². The van der Waals surface area contributed by atoms with Crippen LogP contribution in [-0.4, -0.2) is 31.8 Å². The molecular formula is C24H22N2O5. The van der Waals surface area contributed by atoms with E-state index in [1.165, 1.54) is 13.3 Å². The Kier molecular flexibility index (Phi) is 7.77. The molecule has 0 unspecified atom stereocenters. The van der Waals surface area contributed by atoms with Crippen LogP contribution in [0.4, 0.5) is 0 Å². The SMILES string of the molecule is COC(=O)c1ccc(/C=N/NC(=O)COc2ccc(OCc3ccccc3)cc2)cc1. The third kappa shape index (κ3) is 7.01. The molecule has 7 nitrogen and oxygen atoms in total. The number of rotatable bonds is 9. The van der Waals surface area contributed by atoms with Gasteiger partial charge in [-0.3, -0.25) is 4.79 Å². The van der Waals surface area contributed by atoms with Crippen LogP contribution >= 0.6 is 0 Å². The van der Waals surface area contributed by atoms with E-state index in [4.69, 9.17) is 9.47 Å². The second-order valence-electron chi connectivity index (χ2n) is 6.44. The maximum absolute atomic E-state index is 11.9. The van der Waals surface area contributed by atoms with Gasteiger partial charge in [0.1, 0.15) is 18.1 Å². The summed E-state index contributed by atoms with van der Waals surface area (Å²) in [5.74, 6) is 0.449. The van der Waals surface area contributed by atoms with E-state index < -0.39 is 11.9 Å². The average Bonchev–Trinajstić information content (AvgIpc) is 2.82. The van der Waals surface area contributed by atoms with Crippen molar-refractivity contribution in [2.75, 3.05) is 13.7 Å². The van der Waals surface area contributed by atoms with Crippen LogP contribution in [0.25, 0.3) is 0 Å². The Bertz CT molecular complexity index is 1020. The van der Waals surface area contributed by atoms with Gasteiger partial charge in [-0.2, -0.15) is 5.10 Å².